The van der Waals surface area contributed by atoms with Crippen LogP contribution in [0.1, 0.15) is 58.3 Å². The Morgan fingerprint density at radius 2 is 1.45 bits per heavy atom. The van der Waals surface area contributed by atoms with Crippen molar-refractivity contribution in [2.45, 2.75) is 64.5 Å². The monoisotopic (exact) mass is 292 g/mol. The second-order valence-corrected chi connectivity index (χ2v) is 6.66. The quantitative estimate of drug-likeness (QED) is 0.545. The second kappa shape index (κ2) is 6.48. The molecule has 0 aromatic rings. The number of alkyl halides is 3. The molecule has 2 fully saturated rings. The van der Waals surface area contributed by atoms with Crippen LogP contribution >= 0.6 is 0 Å². The molecule has 0 atom stereocenters. The largest absolute Gasteiger partial charge is 0.391 e. The summed E-state index contributed by atoms with van der Waals surface area (Å²) in [5, 5.41) is 0. The Morgan fingerprint density at radius 3 is 1.95 bits per heavy atom. The molecule has 2 aliphatic carbocycles. The first-order valence-corrected chi connectivity index (χ1v) is 7.80. The van der Waals surface area contributed by atoms with Crippen molar-refractivity contribution in [1.29, 1.82) is 0 Å². The van der Waals surface area contributed by atoms with Gasteiger partial charge in [-0.25, -0.2) is 4.39 Å². The van der Waals surface area contributed by atoms with E-state index in [1.54, 1.807) is 6.08 Å². The van der Waals surface area contributed by atoms with Gasteiger partial charge in [-0.2, -0.15) is 13.2 Å². The summed E-state index contributed by atoms with van der Waals surface area (Å²) in [4.78, 5) is 0. The van der Waals surface area contributed by atoms with Crippen molar-refractivity contribution in [2.24, 2.45) is 23.7 Å². The van der Waals surface area contributed by atoms with E-state index in [2.05, 4.69) is 6.92 Å². The number of hydrogen-bond acceptors (Lipinski definition) is 0. The molecule has 0 aromatic heterocycles. The number of hydrogen-bond donors (Lipinski definition) is 0. The Balaban J connectivity index is 1.83. The lowest BCUT2D eigenvalue weighted by molar-refractivity contribution is -0.183. The van der Waals surface area contributed by atoms with Crippen LogP contribution in [0.25, 0.3) is 0 Å². The molecule has 0 heterocycles. The van der Waals surface area contributed by atoms with E-state index >= 15 is 0 Å². The lowest BCUT2D eigenvalue weighted by atomic mass is 9.79. The Labute approximate surface area is 118 Å². The molecule has 0 aliphatic heterocycles. The van der Waals surface area contributed by atoms with Gasteiger partial charge in [0.05, 0.1) is 11.7 Å². The van der Waals surface area contributed by atoms with Gasteiger partial charge in [0.15, 0.2) is 0 Å². The van der Waals surface area contributed by atoms with Crippen LogP contribution in [0.3, 0.4) is 0 Å². The van der Waals surface area contributed by atoms with E-state index in [-0.39, 0.29) is 30.5 Å². The molecular formula is C16H24F4. The highest BCUT2D eigenvalue weighted by atomic mass is 19.4. The maximum Gasteiger partial charge on any atom is 0.391 e. The Hall–Kier alpha value is -0.540. The summed E-state index contributed by atoms with van der Waals surface area (Å²) in [5.41, 5.74) is 0. The second-order valence-electron chi connectivity index (χ2n) is 6.66. The van der Waals surface area contributed by atoms with Crippen molar-refractivity contribution in [3.63, 3.8) is 0 Å². The third kappa shape index (κ3) is 4.23. The van der Waals surface area contributed by atoms with Gasteiger partial charge in [0.2, 0.25) is 0 Å². The van der Waals surface area contributed by atoms with E-state index in [1.165, 1.54) is 0 Å². The maximum absolute atomic E-state index is 14.2. The molecule has 2 saturated carbocycles. The van der Waals surface area contributed by atoms with Crippen LogP contribution in [-0.2, 0) is 0 Å². The van der Waals surface area contributed by atoms with Gasteiger partial charge < -0.3 is 0 Å². The van der Waals surface area contributed by atoms with Crippen molar-refractivity contribution < 1.29 is 17.6 Å². The average molecular weight is 292 g/mol. The van der Waals surface area contributed by atoms with Crippen molar-refractivity contribution in [3.05, 3.63) is 11.9 Å². The van der Waals surface area contributed by atoms with E-state index in [1.807, 2.05) is 0 Å². The van der Waals surface area contributed by atoms with Crippen LogP contribution in [0.2, 0.25) is 0 Å². The van der Waals surface area contributed by atoms with Crippen LogP contribution in [0.15, 0.2) is 11.9 Å². The number of rotatable bonds is 2. The molecule has 116 valence electrons. The highest BCUT2D eigenvalue weighted by Gasteiger charge is 2.41. The third-order valence-electron chi connectivity index (χ3n) is 5.04. The summed E-state index contributed by atoms with van der Waals surface area (Å²) in [5.74, 6) is -0.529. The van der Waals surface area contributed by atoms with Crippen LogP contribution in [-0.4, -0.2) is 6.18 Å². The molecule has 0 aromatic carbocycles. The van der Waals surface area contributed by atoms with Gasteiger partial charge in [-0.15, -0.1) is 0 Å². The van der Waals surface area contributed by atoms with Crippen molar-refractivity contribution in [1.82, 2.24) is 0 Å². The molecule has 2 rings (SSSR count). The summed E-state index contributed by atoms with van der Waals surface area (Å²) in [6.07, 6.45) is 2.71. The predicted octanol–water partition coefficient (Wildman–Crippen LogP) is 6.03. The predicted molar refractivity (Wildman–Crippen MR) is 71.8 cm³/mol. The molecule has 0 N–H and O–H groups in total. The summed E-state index contributed by atoms with van der Waals surface area (Å²) >= 11 is 0. The van der Waals surface area contributed by atoms with Gasteiger partial charge in [0.1, 0.15) is 0 Å². The minimum absolute atomic E-state index is 0.00736. The third-order valence-corrected chi connectivity index (χ3v) is 5.04. The summed E-state index contributed by atoms with van der Waals surface area (Å²) < 4.78 is 51.9. The van der Waals surface area contributed by atoms with Crippen molar-refractivity contribution in [3.8, 4) is 0 Å². The fourth-order valence-electron chi connectivity index (χ4n) is 3.51. The van der Waals surface area contributed by atoms with Gasteiger partial charge in [-0.3, -0.25) is 0 Å². The molecule has 4 heteroatoms. The zero-order chi connectivity index (χ0) is 14.8. The molecule has 0 nitrogen and oxygen atoms in total. The zero-order valence-corrected chi connectivity index (χ0v) is 12.1. The van der Waals surface area contributed by atoms with Crippen molar-refractivity contribution in [2.75, 3.05) is 0 Å². The van der Waals surface area contributed by atoms with Gasteiger partial charge in [-0.05, 0) is 56.4 Å². The summed E-state index contributed by atoms with van der Waals surface area (Å²) in [6, 6.07) is 0. The van der Waals surface area contributed by atoms with Crippen LogP contribution in [0.4, 0.5) is 17.6 Å². The zero-order valence-electron chi connectivity index (χ0n) is 12.1. The molecule has 0 bridgehead atoms. The van der Waals surface area contributed by atoms with E-state index < -0.39 is 12.1 Å². The molecule has 2 aliphatic rings. The SMILES string of the molecule is CC1CCC(/C(F)=C/C2CCC(C(F)(F)F)CC2)CC1. The standard InChI is InChI=1S/C16H24F4/c1-11-2-6-13(7-3-11)15(17)10-12-4-8-14(9-5-12)16(18,19)20/h10-14H,2-9H2,1H3/b15-10-. The lowest BCUT2D eigenvalue weighted by Crippen LogP contribution is -2.27. The van der Waals surface area contributed by atoms with E-state index in [0.29, 0.717) is 18.8 Å². The Kier molecular flexibility index (Phi) is 5.14. The lowest BCUT2D eigenvalue weighted by Gasteiger charge is -2.29. The Bertz CT molecular complexity index is 329. The fraction of sp³-hybridized carbons (Fsp3) is 0.875. The average Bonchev–Trinajstić information content (AvgIpc) is 2.39. The van der Waals surface area contributed by atoms with Crippen LogP contribution in [0, 0.1) is 23.7 Å². The molecule has 0 radical (unpaired) electrons. The smallest absolute Gasteiger partial charge is 0.212 e. The first-order chi connectivity index (χ1) is 9.36. The molecular weight excluding hydrogens is 268 g/mol. The van der Waals surface area contributed by atoms with Gasteiger partial charge >= 0.3 is 6.18 Å². The van der Waals surface area contributed by atoms with Crippen LogP contribution in [0.5, 0.6) is 0 Å². The van der Waals surface area contributed by atoms with E-state index in [0.717, 1.165) is 25.7 Å². The highest BCUT2D eigenvalue weighted by molar-refractivity contribution is 5.03. The summed E-state index contributed by atoms with van der Waals surface area (Å²) in [7, 11) is 0. The van der Waals surface area contributed by atoms with Gasteiger partial charge in [-0.1, -0.05) is 19.8 Å². The maximum atomic E-state index is 14.2. The van der Waals surface area contributed by atoms with E-state index in [4.69, 9.17) is 0 Å². The Morgan fingerprint density at radius 1 is 0.900 bits per heavy atom. The first kappa shape index (κ1) is 15.8. The highest BCUT2D eigenvalue weighted by Crippen LogP contribution is 2.41. The van der Waals surface area contributed by atoms with Gasteiger partial charge in [0.25, 0.3) is 0 Å². The topological polar surface area (TPSA) is 0 Å². The first-order valence-electron chi connectivity index (χ1n) is 7.80. The molecule has 0 amide bonds. The van der Waals surface area contributed by atoms with Crippen LogP contribution < -0.4 is 0 Å². The number of halogens is 4. The van der Waals surface area contributed by atoms with Crippen molar-refractivity contribution >= 4 is 0 Å². The molecule has 0 unspecified atom stereocenters. The number of allylic oxidation sites excluding steroid dienone is 2. The van der Waals surface area contributed by atoms with E-state index in [9.17, 15) is 17.6 Å². The summed E-state index contributed by atoms with van der Waals surface area (Å²) in [6.45, 7) is 2.19. The normalized spacial score (nSPS) is 37.0. The van der Waals surface area contributed by atoms with Gasteiger partial charge in [0, 0.05) is 5.92 Å². The molecule has 0 spiro atoms. The molecule has 0 saturated heterocycles. The minimum Gasteiger partial charge on any atom is -0.212 e. The fourth-order valence-corrected chi connectivity index (χ4v) is 3.51. The minimum atomic E-state index is -4.08. The molecule has 20 heavy (non-hydrogen) atoms.